The summed E-state index contributed by atoms with van der Waals surface area (Å²) in [6.07, 6.45) is -5.75. The van der Waals surface area contributed by atoms with Gasteiger partial charge < -0.3 is 105 Å². The second-order valence-corrected chi connectivity index (χ2v) is 20.4. The van der Waals surface area contributed by atoms with Gasteiger partial charge in [0.2, 0.25) is 53.1 Å². The van der Waals surface area contributed by atoms with Crippen molar-refractivity contribution in [1.29, 1.82) is 0 Å². The topological polar surface area (TPSA) is 575 Å². The first kappa shape index (κ1) is 68.2. The van der Waals surface area contributed by atoms with E-state index in [0.717, 1.165) is 20.8 Å². The number of nitrogens with two attached hydrogens (primary N) is 2. The number of carbonyl (C=O) groups is 12. The minimum Gasteiger partial charge on any atom is -0.504 e. The van der Waals surface area contributed by atoms with Gasteiger partial charge >= 0.3 is 17.9 Å². The Morgan fingerprint density at radius 3 is 1.82 bits per heavy atom. The molecule has 84 heavy (non-hydrogen) atoms. The maximum Gasteiger partial charge on any atom is 0.335 e. The first-order valence-electron chi connectivity index (χ1n) is 26.5. The van der Waals surface area contributed by atoms with Gasteiger partial charge in [0.25, 0.3) is 5.91 Å². The van der Waals surface area contributed by atoms with Crippen LogP contribution in [0.5, 0.6) is 0 Å². The van der Waals surface area contributed by atoms with Gasteiger partial charge in [0.05, 0.1) is 31.3 Å². The number of carboxylic acids is 3. The average Bonchev–Trinajstić information content (AvgIpc) is 1.49. The zero-order valence-electron chi connectivity index (χ0n) is 45.8. The molecule has 24 N–H and O–H groups in total. The number of rotatable bonds is 30. The molecule has 3 heterocycles. The Bertz CT molecular complexity index is 2660. The molecule has 0 aromatic carbocycles. The Balaban J connectivity index is 1.53. The molecule has 35 heteroatoms. The summed E-state index contributed by atoms with van der Waals surface area (Å²) in [6.45, 7) is 3.07. The predicted octanol–water partition coefficient (Wildman–Crippen LogP) is -9.49. The number of aliphatic carboxylic acids is 3. The van der Waals surface area contributed by atoms with E-state index in [-0.39, 0.29) is 82.5 Å². The molecule has 466 valence electrons. The van der Waals surface area contributed by atoms with Crippen molar-refractivity contribution in [2.24, 2.45) is 11.5 Å². The fraction of sp³-hybridized carbons (Fsp3) is 0.592. The van der Waals surface area contributed by atoms with Crippen LogP contribution in [0.4, 0.5) is 0 Å². The number of piperidine rings is 1. The van der Waals surface area contributed by atoms with Crippen molar-refractivity contribution in [2.75, 3.05) is 19.6 Å². The number of carbonyl (C=O) groups excluding carboxylic acids is 9. The summed E-state index contributed by atoms with van der Waals surface area (Å²) in [5, 5.41) is 122. The zero-order chi connectivity index (χ0) is 63.0. The van der Waals surface area contributed by atoms with E-state index >= 15 is 0 Å². The van der Waals surface area contributed by atoms with Crippen LogP contribution in [0, 0.1) is 0 Å². The fourth-order valence-electron chi connectivity index (χ4n) is 9.15. The molecular weight excluding hydrogens is 1120 g/mol. The Hall–Kier alpha value is -8.32. The van der Waals surface area contributed by atoms with Crippen molar-refractivity contribution >= 4 is 71.1 Å². The van der Waals surface area contributed by atoms with Crippen LogP contribution in [0.15, 0.2) is 46.8 Å². The summed E-state index contributed by atoms with van der Waals surface area (Å²) < 4.78 is 0. The number of aliphatic hydroxyl groups is 6. The molecule has 35 nitrogen and oxygen atoms in total. The number of unbranched alkanes of at least 4 members (excludes halogenated alkanes) is 1. The van der Waals surface area contributed by atoms with E-state index in [1.165, 1.54) is 18.2 Å². The van der Waals surface area contributed by atoms with E-state index in [1.807, 2.05) is 10.6 Å². The molecule has 1 aliphatic carbocycles. The molecule has 4 aliphatic rings. The first-order chi connectivity index (χ1) is 39.4. The van der Waals surface area contributed by atoms with E-state index in [4.69, 9.17) is 11.5 Å². The van der Waals surface area contributed by atoms with E-state index < -0.39 is 174 Å². The minimum atomic E-state index is -2.86. The van der Waals surface area contributed by atoms with Crippen molar-refractivity contribution < 1.29 is 114 Å². The SMILES string of the molecule is CC(O)C(NC(=O)C(CCCCN)NC(=O)C(CC(=O)O)NC(=O)C1CC[NH+]2C(=C(NC(=O)CCC(N)C(=O)O)C=C3C=C(O)C(O)=CC32)N1)C(=O)NC(C(=O)NC(C(=O)NC(C(=O)NC1CCCN(O)C1=O)C(C)O)C(C)O)C(O)C(=O)O. The average molecular weight is 1200 g/mol. The highest BCUT2D eigenvalue weighted by Gasteiger charge is 2.45. The number of hydrogen-bond donors (Lipinski definition) is 22. The number of nitrogens with one attached hydrogen (secondary N) is 10. The third-order valence-corrected chi connectivity index (χ3v) is 13.8. The molecule has 0 bridgehead atoms. The number of fused-ring (bicyclic) bond motifs is 3. The summed E-state index contributed by atoms with van der Waals surface area (Å²) >= 11 is 0. The maximum absolute atomic E-state index is 14.0. The lowest BCUT2D eigenvalue weighted by Crippen LogP contribution is -3.17. The zero-order valence-corrected chi connectivity index (χ0v) is 45.8. The molecule has 0 saturated carbocycles. The standard InChI is InChI=1S/C49H73N13O22/c1-19(63)34(43(75)55-26-8-6-13-62(84)47(26)79)58-44(76)36(21(3)65)59-46(78)37(38(71)49(82)83)60-45(77)35(20(2)64)57-41(73)24(7-4-5-12-50)54-42(74)28(17-33(69)70)56-40(72)25-11-14-61-29-18-31(67)30(66)16-22(29)15-27(39(61)53-25)52-32(68)10-9-23(51)48(80)81/h15-16,18-21,23-26,28-29,34-38,53,63-67,71,84H,4-14,17,50-51H2,1-3H3,(H,52,68)(H,54,74)(H,55,75)(H,56,72)(H,57,73)(H,58,76)(H,59,78)(H,60,77)(H,69,70)(H,80,81)(H,82,83)/p+1. The number of hydrogen-bond acceptors (Lipinski definition) is 22. The van der Waals surface area contributed by atoms with E-state index in [0.29, 0.717) is 15.5 Å². The van der Waals surface area contributed by atoms with Gasteiger partial charge in [0.1, 0.15) is 66.1 Å². The Morgan fingerprint density at radius 1 is 0.702 bits per heavy atom. The first-order valence-corrected chi connectivity index (χ1v) is 26.5. The number of hydroxylamine groups is 2. The third kappa shape index (κ3) is 18.6. The van der Waals surface area contributed by atoms with Crippen molar-refractivity contribution in [3.8, 4) is 0 Å². The second-order valence-electron chi connectivity index (χ2n) is 20.4. The molecular formula is C49H74N13O22+. The maximum atomic E-state index is 14.0. The van der Waals surface area contributed by atoms with Crippen LogP contribution in [0.3, 0.4) is 0 Å². The fourth-order valence-corrected chi connectivity index (χ4v) is 9.15. The lowest BCUT2D eigenvalue weighted by atomic mass is 9.92. The number of nitrogens with zero attached hydrogens (tertiary/aromatic N) is 1. The third-order valence-electron chi connectivity index (χ3n) is 13.8. The number of quaternary nitrogens is 1. The van der Waals surface area contributed by atoms with Gasteiger partial charge in [0, 0.05) is 31.0 Å². The normalized spacial score (nSPS) is 22.3. The summed E-state index contributed by atoms with van der Waals surface area (Å²) in [5.74, 6) is -16.8. The summed E-state index contributed by atoms with van der Waals surface area (Å²) in [5.41, 5.74) is 11.7. The summed E-state index contributed by atoms with van der Waals surface area (Å²) in [7, 11) is 0. The largest absolute Gasteiger partial charge is 0.504 e. The van der Waals surface area contributed by atoms with Crippen LogP contribution in [0.2, 0.25) is 0 Å². The van der Waals surface area contributed by atoms with Gasteiger partial charge in [-0.05, 0) is 78.0 Å². The van der Waals surface area contributed by atoms with Gasteiger partial charge in [-0.1, -0.05) is 0 Å². The van der Waals surface area contributed by atoms with Gasteiger partial charge in [-0.2, -0.15) is 0 Å². The molecule has 0 aromatic rings. The van der Waals surface area contributed by atoms with Crippen LogP contribution in [0.1, 0.15) is 78.6 Å². The number of aliphatic hydroxyl groups excluding tert-OH is 6. The Kier molecular flexibility index (Phi) is 25.0. The molecule has 2 fully saturated rings. The predicted molar refractivity (Wildman–Crippen MR) is 281 cm³/mol. The molecule has 9 amide bonds. The van der Waals surface area contributed by atoms with Gasteiger partial charge in [-0.3, -0.25) is 62.8 Å². The molecule has 0 aromatic heterocycles. The van der Waals surface area contributed by atoms with Gasteiger partial charge in [-0.25, -0.2) is 9.86 Å². The molecule has 15 atom stereocenters. The lowest BCUT2D eigenvalue weighted by Gasteiger charge is -2.40. The van der Waals surface area contributed by atoms with Crippen LogP contribution < -0.4 is 64.2 Å². The molecule has 15 unspecified atom stereocenters. The van der Waals surface area contributed by atoms with Crippen molar-refractivity contribution in [2.45, 2.75) is 163 Å². The number of carboxylic acid groups (broad SMARTS) is 3. The molecule has 0 spiro atoms. The van der Waals surface area contributed by atoms with Crippen molar-refractivity contribution in [3.63, 3.8) is 0 Å². The molecule has 3 aliphatic heterocycles. The van der Waals surface area contributed by atoms with Crippen molar-refractivity contribution in [1.82, 2.24) is 52.9 Å². The molecule has 4 rings (SSSR count). The van der Waals surface area contributed by atoms with E-state index in [1.54, 1.807) is 0 Å². The Labute approximate surface area is 477 Å². The highest BCUT2D eigenvalue weighted by molar-refractivity contribution is 6.00. The Morgan fingerprint density at radius 2 is 1.26 bits per heavy atom. The van der Waals surface area contributed by atoms with Crippen LogP contribution >= 0.6 is 0 Å². The van der Waals surface area contributed by atoms with Gasteiger partial charge in [0.15, 0.2) is 17.6 Å². The highest BCUT2D eigenvalue weighted by atomic mass is 16.5. The smallest absolute Gasteiger partial charge is 0.335 e. The monoisotopic (exact) mass is 1200 g/mol. The summed E-state index contributed by atoms with van der Waals surface area (Å²) in [4.78, 5) is 158. The second kappa shape index (κ2) is 30.8. The quantitative estimate of drug-likeness (QED) is 0.0235. The minimum absolute atomic E-state index is 0.0293. The summed E-state index contributed by atoms with van der Waals surface area (Å²) in [6, 6.07) is -17.0. The van der Waals surface area contributed by atoms with Crippen molar-refractivity contribution in [3.05, 3.63) is 46.8 Å². The van der Waals surface area contributed by atoms with Gasteiger partial charge in [-0.15, -0.1) is 0 Å². The molecule has 2 saturated heterocycles. The van der Waals surface area contributed by atoms with E-state index in [2.05, 4.69) is 37.2 Å². The lowest BCUT2D eigenvalue weighted by molar-refractivity contribution is -0.884. The van der Waals surface area contributed by atoms with Crippen LogP contribution in [-0.4, -0.2) is 232 Å². The van der Waals surface area contributed by atoms with Crippen LogP contribution in [-0.2, 0) is 57.5 Å². The van der Waals surface area contributed by atoms with Crippen LogP contribution in [0.25, 0.3) is 0 Å². The molecule has 0 radical (unpaired) electrons. The number of allylic oxidation sites excluding steroid dienone is 1. The highest BCUT2D eigenvalue weighted by Crippen LogP contribution is 2.24. The van der Waals surface area contributed by atoms with E-state index in [9.17, 15) is 109 Å². The number of amides is 9.